The van der Waals surface area contributed by atoms with Crippen LogP contribution < -0.4 is 15.6 Å². The standard InChI is InChI=1S/C17H11F2N3O5/c18-17(19)27-14-6-5-9(22(25)26)7-13(14)21-16(24)11-8-15(23)20-12-4-2-1-3-10(11)12/h1-8,17H,(H,20,23)(H,21,24). The molecule has 27 heavy (non-hydrogen) atoms. The highest BCUT2D eigenvalue weighted by atomic mass is 19.3. The fourth-order valence-electron chi connectivity index (χ4n) is 2.51. The fraction of sp³-hybridized carbons (Fsp3) is 0.0588. The molecule has 0 aliphatic rings. The van der Waals surface area contributed by atoms with Gasteiger partial charge < -0.3 is 15.0 Å². The summed E-state index contributed by atoms with van der Waals surface area (Å²) in [7, 11) is 0. The van der Waals surface area contributed by atoms with E-state index in [-0.39, 0.29) is 11.3 Å². The molecule has 0 saturated carbocycles. The van der Waals surface area contributed by atoms with Crippen molar-refractivity contribution in [2.75, 3.05) is 5.32 Å². The summed E-state index contributed by atoms with van der Waals surface area (Å²) >= 11 is 0. The molecule has 0 fully saturated rings. The minimum Gasteiger partial charge on any atom is -0.433 e. The van der Waals surface area contributed by atoms with Gasteiger partial charge in [-0.3, -0.25) is 19.7 Å². The smallest absolute Gasteiger partial charge is 0.387 e. The maximum absolute atomic E-state index is 12.6. The minimum absolute atomic E-state index is 0.0242. The summed E-state index contributed by atoms with van der Waals surface area (Å²) in [4.78, 5) is 37.1. The van der Waals surface area contributed by atoms with Crippen molar-refractivity contribution in [3.05, 3.63) is 74.6 Å². The Kier molecular flexibility index (Phi) is 4.79. The number of hydrogen-bond acceptors (Lipinski definition) is 5. The van der Waals surface area contributed by atoms with E-state index < -0.39 is 34.4 Å². The van der Waals surface area contributed by atoms with E-state index in [9.17, 15) is 28.5 Å². The van der Waals surface area contributed by atoms with E-state index in [1.54, 1.807) is 24.3 Å². The van der Waals surface area contributed by atoms with Crippen LogP contribution in [0.4, 0.5) is 20.2 Å². The summed E-state index contributed by atoms with van der Waals surface area (Å²) in [5, 5.41) is 13.6. The van der Waals surface area contributed by atoms with Gasteiger partial charge in [0.1, 0.15) is 5.75 Å². The van der Waals surface area contributed by atoms with Crippen molar-refractivity contribution in [1.29, 1.82) is 0 Å². The van der Waals surface area contributed by atoms with Gasteiger partial charge in [-0.05, 0) is 12.1 Å². The number of hydrogen-bond donors (Lipinski definition) is 2. The Labute approximate surface area is 149 Å². The van der Waals surface area contributed by atoms with Crippen molar-refractivity contribution in [3.63, 3.8) is 0 Å². The molecule has 2 N–H and O–H groups in total. The van der Waals surface area contributed by atoms with Crippen LogP contribution in [-0.4, -0.2) is 22.4 Å². The monoisotopic (exact) mass is 375 g/mol. The van der Waals surface area contributed by atoms with E-state index in [0.29, 0.717) is 10.9 Å². The number of nitrogens with zero attached hydrogens (tertiary/aromatic N) is 1. The van der Waals surface area contributed by atoms with E-state index in [2.05, 4.69) is 15.0 Å². The topological polar surface area (TPSA) is 114 Å². The van der Waals surface area contributed by atoms with Gasteiger partial charge >= 0.3 is 6.61 Å². The first-order valence-corrected chi connectivity index (χ1v) is 7.52. The third-order valence-electron chi connectivity index (χ3n) is 3.63. The normalized spacial score (nSPS) is 10.8. The lowest BCUT2D eigenvalue weighted by atomic mass is 10.1. The Bertz CT molecular complexity index is 1100. The van der Waals surface area contributed by atoms with Crippen LogP contribution in [-0.2, 0) is 0 Å². The van der Waals surface area contributed by atoms with E-state index in [1.165, 1.54) is 0 Å². The number of aromatic nitrogens is 1. The van der Waals surface area contributed by atoms with Crippen molar-refractivity contribution in [2.45, 2.75) is 6.61 Å². The van der Waals surface area contributed by atoms with Crippen LogP contribution in [0, 0.1) is 10.1 Å². The van der Waals surface area contributed by atoms with Crippen molar-refractivity contribution in [3.8, 4) is 5.75 Å². The highest BCUT2D eigenvalue weighted by Crippen LogP contribution is 2.31. The van der Waals surface area contributed by atoms with Crippen molar-refractivity contribution in [1.82, 2.24) is 4.98 Å². The molecular formula is C17H11F2N3O5. The van der Waals surface area contributed by atoms with Crippen LogP contribution in [0.25, 0.3) is 10.9 Å². The number of benzene rings is 2. The van der Waals surface area contributed by atoms with Crippen LogP contribution >= 0.6 is 0 Å². The number of amides is 1. The molecule has 0 radical (unpaired) electrons. The first-order chi connectivity index (χ1) is 12.8. The molecule has 0 bridgehead atoms. The molecule has 1 heterocycles. The molecule has 3 rings (SSSR count). The number of nitro groups is 1. The number of aromatic amines is 1. The Morgan fingerprint density at radius 1 is 1.19 bits per heavy atom. The molecule has 0 aliphatic heterocycles. The number of carbonyl (C=O) groups is 1. The molecule has 1 aromatic heterocycles. The van der Waals surface area contributed by atoms with E-state index >= 15 is 0 Å². The molecule has 0 saturated heterocycles. The number of nitro benzene ring substituents is 1. The maximum Gasteiger partial charge on any atom is 0.387 e. The van der Waals surface area contributed by atoms with Gasteiger partial charge in [-0.1, -0.05) is 18.2 Å². The van der Waals surface area contributed by atoms with Crippen LogP contribution in [0.2, 0.25) is 0 Å². The highest BCUT2D eigenvalue weighted by Gasteiger charge is 2.19. The van der Waals surface area contributed by atoms with E-state index in [0.717, 1.165) is 24.3 Å². The predicted octanol–water partition coefficient (Wildman–Crippen LogP) is 3.29. The van der Waals surface area contributed by atoms with Gasteiger partial charge in [0, 0.05) is 29.1 Å². The van der Waals surface area contributed by atoms with E-state index in [4.69, 9.17) is 0 Å². The maximum atomic E-state index is 12.6. The number of carbonyl (C=O) groups excluding carboxylic acids is 1. The number of non-ortho nitro benzene ring substituents is 1. The molecular weight excluding hydrogens is 364 g/mol. The SMILES string of the molecule is O=C(Nc1cc([N+](=O)[O-])ccc1OC(F)F)c1cc(=O)[nH]c2ccccc12. The zero-order valence-electron chi connectivity index (χ0n) is 13.4. The summed E-state index contributed by atoms with van der Waals surface area (Å²) < 4.78 is 29.4. The average molecular weight is 375 g/mol. The van der Waals surface area contributed by atoms with Crippen LogP contribution in [0.3, 0.4) is 0 Å². The molecule has 10 heteroatoms. The molecule has 0 unspecified atom stereocenters. The van der Waals surface area contributed by atoms with Gasteiger partial charge in [-0.25, -0.2) is 0 Å². The summed E-state index contributed by atoms with van der Waals surface area (Å²) in [6.07, 6.45) is 0. The van der Waals surface area contributed by atoms with Gasteiger partial charge in [0.25, 0.3) is 11.6 Å². The fourth-order valence-corrected chi connectivity index (χ4v) is 2.51. The number of halogens is 2. The number of ether oxygens (including phenoxy) is 1. The minimum atomic E-state index is -3.19. The molecule has 138 valence electrons. The number of fused-ring (bicyclic) bond motifs is 1. The Balaban J connectivity index is 2.04. The number of para-hydroxylation sites is 1. The van der Waals surface area contributed by atoms with Gasteiger partial charge in [-0.2, -0.15) is 8.78 Å². The lowest BCUT2D eigenvalue weighted by Gasteiger charge is -2.12. The van der Waals surface area contributed by atoms with Gasteiger partial charge in [0.2, 0.25) is 5.56 Å². The molecule has 2 aromatic carbocycles. The van der Waals surface area contributed by atoms with E-state index in [1.807, 2.05) is 0 Å². The summed E-state index contributed by atoms with van der Waals surface area (Å²) in [5.74, 6) is -1.25. The molecule has 8 nitrogen and oxygen atoms in total. The Morgan fingerprint density at radius 2 is 1.93 bits per heavy atom. The summed E-state index contributed by atoms with van der Waals surface area (Å²) in [5.41, 5.74) is -0.911. The molecule has 0 spiro atoms. The van der Waals surface area contributed by atoms with Crippen molar-refractivity contribution in [2.24, 2.45) is 0 Å². The second-order valence-electron chi connectivity index (χ2n) is 5.36. The molecule has 0 atom stereocenters. The second kappa shape index (κ2) is 7.20. The van der Waals surface area contributed by atoms with Crippen LogP contribution in [0.1, 0.15) is 10.4 Å². The molecule has 0 aliphatic carbocycles. The molecule has 3 aromatic rings. The largest absolute Gasteiger partial charge is 0.433 e. The molecule has 1 amide bonds. The highest BCUT2D eigenvalue weighted by molar-refractivity contribution is 6.12. The number of nitrogens with one attached hydrogen (secondary N) is 2. The second-order valence-corrected chi connectivity index (χ2v) is 5.36. The number of alkyl halides is 2. The van der Waals surface area contributed by atoms with Crippen molar-refractivity contribution < 1.29 is 23.2 Å². The average Bonchev–Trinajstić information content (AvgIpc) is 2.61. The Morgan fingerprint density at radius 3 is 2.63 bits per heavy atom. The lowest BCUT2D eigenvalue weighted by molar-refractivity contribution is -0.384. The third-order valence-corrected chi connectivity index (χ3v) is 3.63. The number of rotatable bonds is 5. The Hall–Kier alpha value is -3.82. The number of anilines is 1. The first-order valence-electron chi connectivity index (χ1n) is 7.52. The summed E-state index contributed by atoms with van der Waals surface area (Å²) in [6, 6.07) is 10.3. The van der Waals surface area contributed by atoms with Gasteiger partial charge in [0.05, 0.1) is 16.2 Å². The van der Waals surface area contributed by atoms with Gasteiger partial charge in [0.15, 0.2) is 0 Å². The number of H-pyrrole nitrogens is 1. The van der Waals surface area contributed by atoms with Crippen molar-refractivity contribution >= 4 is 28.2 Å². The van der Waals surface area contributed by atoms with Crippen LogP contribution in [0.5, 0.6) is 5.75 Å². The zero-order valence-corrected chi connectivity index (χ0v) is 13.4. The lowest BCUT2D eigenvalue weighted by Crippen LogP contribution is -2.18. The predicted molar refractivity (Wildman–Crippen MR) is 92.3 cm³/mol. The quantitative estimate of drug-likeness (QED) is 0.525. The zero-order chi connectivity index (χ0) is 19.6. The van der Waals surface area contributed by atoms with Gasteiger partial charge in [-0.15, -0.1) is 0 Å². The summed E-state index contributed by atoms with van der Waals surface area (Å²) in [6.45, 7) is -3.19. The van der Waals surface area contributed by atoms with Crippen LogP contribution in [0.15, 0.2) is 53.3 Å². The first kappa shape index (κ1) is 18.0. The third kappa shape index (κ3) is 3.89. The number of pyridine rings is 1.